The third-order valence-electron chi connectivity index (χ3n) is 4.45. The minimum atomic E-state index is 0. The zero-order valence-electron chi connectivity index (χ0n) is 14.7. The topological polar surface area (TPSA) is 44.4 Å². The molecule has 2 rings (SSSR count). The molecule has 0 radical (unpaired) electrons. The van der Waals surface area contributed by atoms with Crippen molar-refractivity contribution in [2.75, 3.05) is 33.2 Å². The van der Waals surface area contributed by atoms with E-state index in [9.17, 15) is 4.79 Å². The van der Waals surface area contributed by atoms with Gasteiger partial charge >= 0.3 is 0 Å². The molecule has 0 aromatic heterocycles. The number of benzene rings is 1. The molecule has 1 fully saturated rings. The summed E-state index contributed by atoms with van der Waals surface area (Å²) < 4.78 is 0. The molecule has 1 aliphatic rings. The van der Waals surface area contributed by atoms with Crippen LogP contribution in [0.3, 0.4) is 0 Å². The zero-order chi connectivity index (χ0) is 15.8. The first-order chi connectivity index (χ1) is 10.7. The van der Waals surface area contributed by atoms with Crippen LogP contribution in [0.5, 0.6) is 0 Å². The Morgan fingerprint density at radius 2 is 1.83 bits per heavy atom. The average Bonchev–Trinajstić information content (AvgIpc) is 2.55. The van der Waals surface area contributed by atoms with Crippen LogP contribution in [-0.2, 0) is 11.2 Å². The monoisotopic (exact) mass is 375 g/mol. The third-order valence-corrected chi connectivity index (χ3v) is 4.45. The van der Waals surface area contributed by atoms with Gasteiger partial charge in [-0.05, 0) is 31.9 Å². The lowest BCUT2D eigenvalue weighted by atomic mass is 10.0. The molecule has 0 bridgehead atoms. The van der Waals surface area contributed by atoms with E-state index in [0.717, 1.165) is 45.4 Å². The van der Waals surface area contributed by atoms with Crippen molar-refractivity contribution in [1.82, 2.24) is 15.5 Å². The first-order valence-electron chi connectivity index (χ1n) is 8.40. The van der Waals surface area contributed by atoms with Gasteiger partial charge in [0.15, 0.2) is 0 Å². The van der Waals surface area contributed by atoms with E-state index in [0.29, 0.717) is 6.04 Å². The van der Waals surface area contributed by atoms with Gasteiger partial charge in [0.2, 0.25) is 5.91 Å². The van der Waals surface area contributed by atoms with Gasteiger partial charge in [-0.3, -0.25) is 4.79 Å². The third kappa shape index (κ3) is 7.84. The Kier molecular flexibility index (Phi) is 12.1. The summed E-state index contributed by atoms with van der Waals surface area (Å²) in [6.45, 7) is 5.99. The SMILES string of the molecule is CNCC(C)C(=O)NC1CCN(CCc2ccccc2)CC1.Cl.Cl. The second-order valence-corrected chi connectivity index (χ2v) is 6.32. The van der Waals surface area contributed by atoms with Gasteiger partial charge in [0.05, 0.1) is 0 Å². The Morgan fingerprint density at radius 3 is 2.42 bits per heavy atom. The van der Waals surface area contributed by atoms with Crippen LogP contribution in [0.4, 0.5) is 0 Å². The van der Waals surface area contributed by atoms with Crippen LogP contribution in [0, 0.1) is 5.92 Å². The quantitative estimate of drug-likeness (QED) is 0.769. The highest BCUT2D eigenvalue weighted by Crippen LogP contribution is 2.12. The number of nitrogens with zero attached hydrogens (tertiary/aromatic N) is 1. The Bertz CT molecular complexity index is 451. The normalized spacial score (nSPS) is 16.6. The lowest BCUT2D eigenvalue weighted by Gasteiger charge is -2.32. The molecule has 1 saturated heterocycles. The highest BCUT2D eigenvalue weighted by molar-refractivity contribution is 5.85. The van der Waals surface area contributed by atoms with E-state index in [1.807, 2.05) is 14.0 Å². The number of piperidine rings is 1. The molecular formula is C18H31Cl2N3O. The molecule has 138 valence electrons. The molecule has 4 nitrogen and oxygen atoms in total. The maximum absolute atomic E-state index is 12.0. The van der Waals surface area contributed by atoms with E-state index < -0.39 is 0 Å². The molecule has 1 atom stereocenters. The van der Waals surface area contributed by atoms with Gasteiger partial charge in [-0.1, -0.05) is 37.3 Å². The van der Waals surface area contributed by atoms with Crippen LogP contribution in [-0.4, -0.2) is 50.1 Å². The molecular weight excluding hydrogens is 345 g/mol. The van der Waals surface area contributed by atoms with Crippen LogP contribution in [0.25, 0.3) is 0 Å². The van der Waals surface area contributed by atoms with E-state index in [2.05, 4.69) is 45.9 Å². The van der Waals surface area contributed by atoms with Gasteiger partial charge in [-0.2, -0.15) is 0 Å². The molecule has 1 amide bonds. The summed E-state index contributed by atoms with van der Waals surface area (Å²) in [5.74, 6) is 0.221. The molecule has 1 aliphatic heterocycles. The predicted octanol–water partition coefficient (Wildman–Crippen LogP) is 2.51. The van der Waals surface area contributed by atoms with Crippen molar-refractivity contribution < 1.29 is 4.79 Å². The van der Waals surface area contributed by atoms with Gasteiger partial charge in [-0.15, -0.1) is 24.8 Å². The Labute approximate surface area is 158 Å². The summed E-state index contributed by atoms with van der Waals surface area (Å²) in [4.78, 5) is 14.5. The van der Waals surface area contributed by atoms with Crippen molar-refractivity contribution in [1.29, 1.82) is 0 Å². The number of hydrogen-bond acceptors (Lipinski definition) is 3. The van der Waals surface area contributed by atoms with Crippen molar-refractivity contribution >= 4 is 30.7 Å². The maximum Gasteiger partial charge on any atom is 0.224 e. The average molecular weight is 376 g/mol. The zero-order valence-corrected chi connectivity index (χ0v) is 16.3. The Hall–Kier alpha value is -0.810. The molecule has 1 aromatic rings. The van der Waals surface area contributed by atoms with Gasteiger partial charge in [-0.25, -0.2) is 0 Å². The fourth-order valence-electron chi connectivity index (χ4n) is 2.98. The van der Waals surface area contributed by atoms with Gasteiger partial charge in [0, 0.05) is 38.1 Å². The van der Waals surface area contributed by atoms with E-state index in [1.165, 1.54) is 5.56 Å². The van der Waals surface area contributed by atoms with Crippen LogP contribution in [0.2, 0.25) is 0 Å². The van der Waals surface area contributed by atoms with Crippen molar-refractivity contribution in [3.05, 3.63) is 35.9 Å². The number of amides is 1. The van der Waals surface area contributed by atoms with E-state index in [-0.39, 0.29) is 36.6 Å². The summed E-state index contributed by atoms with van der Waals surface area (Å²) in [6.07, 6.45) is 3.23. The van der Waals surface area contributed by atoms with Gasteiger partial charge < -0.3 is 15.5 Å². The second kappa shape index (κ2) is 12.5. The molecule has 1 unspecified atom stereocenters. The Balaban J connectivity index is 0.00000264. The van der Waals surface area contributed by atoms with E-state index in [4.69, 9.17) is 0 Å². The highest BCUT2D eigenvalue weighted by Gasteiger charge is 2.22. The lowest BCUT2D eigenvalue weighted by molar-refractivity contribution is -0.125. The van der Waals surface area contributed by atoms with Crippen LogP contribution < -0.4 is 10.6 Å². The van der Waals surface area contributed by atoms with E-state index in [1.54, 1.807) is 0 Å². The van der Waals surface area contributed by atoms with Crippen molar-refractivity contribution in [2.45, 2.75) is 32.2 Å². The second-order valence-electron chi connectivity index (χ2n) is 6.32. The van der Waals surface area contributed by atoms with Crippen LogP contribution >= 0.6 is 24.8 Å². The summed E-state index contributed by atoms with van der Waals surface area (Å²) in [5, 5.41) is 6.25. The molecule has 1 aromatic carbocycles. The summed E-state index contributed by atoms with van der Waals surface area (Å²) in [6, 6.07) is 11.0. The summed E-state index contributed by atoms with van der Waals surface area (Å²) >= 11 is 0. The summed E-state index contributed by atoms with van der Waals surface area (Å²) in [7, 11) is 1.88. The number of carbonyl (C=O) groups is 1. The van der Waals surface area contributed by atoms with Gasteiger partial charge in [0.1, 0.15) is 0 Å². The van der Waals surface area contributed by atoms with E-state index >= 15 is 0 Å². The fraction of sp³-hybridized carbons (Fsp3) is 0.611. The number of carbonyl (C=O) groups excluding carboxylic acids is 1. The first kappa shape index (κ1) is 23.2. The first-order valence-corrected chi connectivity index (χ1v) is 8.40. The number of nitrogens with one attached hydrogen (secondary N) is 2. The summed E-state index contributed by atoms with van der Waals surface area (Å²) in [5.41, 5.74) is 1.40. The van der Waals surface area contributed by atoms with Gasteiger partial charge in [0.25, 0.3) is 0 Å². The Morgan fingerprint density at radius 1 is 1.21 bits per heavy atom. The standard InChI is InChI=1S/C18H29N3O.2ClH/c1-15(14-19-2)18(22)20-17-9-12-21(13-10-17)11-8-16-6-4-3-5-7-16;;/h3-7,15,17,19H,8-14H2,1-2H3,(H,20,22);2*1H. The predicted molar refractivity (Wildman–Crippen MR) is 105 cm³/mol. The number of halogens is 2. The highest BCUT2D eigenvalue weighted by atomic mass is 35.5. The minimum Gasteiger partial charge on any atom is -0.353 e. The van der Waals surface area contributed by atoms with Crippen LogP contribution in [0.1, 0.15) is 25.3 Å². The molecule has 0 aliphatic carbocycles. The lowest BCUT2D eigenvalue weighted by Crippen LogP contribution is -2.47. The number of hydrogen-bond donors (Lipinski definition) is 2. The van der Waals surface area contributed by atoms with Crippen molar-refractivity contribution in [3.63, 3.8) is 0 Å². The smallest absolute Gasteiger partial charge is 0.224 e. The molecule has 6 heteroatoms. The molecule has 24 heavy (non-hydrogen) atoms. The van der Waals surface area contributed by atoms with Crippen molar-refractivity contribution in [3.8, 4) is 0 Å². The van der Waals surface area contributed by atoms with Crippen molar-refractivity contribution in [2.24, 2.45) is 5.92 Å². The molecule has 0 saturated carbocycles. The molecule has 0 spiro atoms. The minimum absolute atomic E-state index is 0. The number of likely N-dealkylation sites (tertiary alicyclic amines) is 1. The van der Waals surface area contributed by atoms with Crippen LogP contribution in [0.15, 0.2) is 30.3 Å². The maximum atomic E-state index is 12.0. The molecule has 2 N–H and O–H groups in total. The largest absolute Gasteiger partial charge is 0.353 e. The molecule has 1 heterocycles. The number of rotatable bonds is 7. The fourth-order valence-corrected chi connectivity index (χ4v) is 2.98.